The topological polar surface area (TPSA) is 29.1 Å². The first-order valence-electron chi connectivity index (χ1n) is 2.51. The Bertz CT molecular complexity index is 65.4. The molecule has 0 atom stereocenters. The maximum atomic E-state index is 10.1. The predicted molar refractivity (Wildman–Crippen MR) is 34.7 cm³/mol. The third-order valence-corrected chi connectivity index (χ3v) is 0.624. The molecule has 0 aliphatic heterocycles. The van der Waals surface area contributed by atoms with Gasteiger partial charge >= 0.3 is 0 Å². The van der Waals surface area contributed by atoms with Gasteiger partial charge in [0.05, 0.1) is 0 Å². The number of hydrogen-bond acceptors (Lipinski definition) is 1. The molecule has 1 N–H and O–H groups in total. The van der Waals surface area contributed by atoms with Crippen LogP contribution in [0.25, 0.3) is 0 Å². The van der Waals surface area contributed by atoms with E-state index >= 15 is 0 Å². The van der Waals surface area contributed by atoms with Crippen LogP contribution in [0.1, 0.15) is 20.3 Å². The SMILES string of the molecule is CCCNC(C)=O.[Ca]. The van der Waals surface area contributed by atoms with E-state index < -0.39 is 0 Å². The zero-order chi connectivity index (χ0) is 5.70. The van der Waals surface area contributed by atoms with E-state index in [0.29, 0.717) is 0 Å². The minimum atomic E-state index is 0. The van der Waals surface area contributed by atoms with E-state index in [0.717, 1.165) is 13.0 Å². The van der Waals surface area contributed by atoms with Crippen LogP contribution in [0.2, 0.25) is 0 Å². The molecule has 0 saturated carbocycles. The van der Waals surface area contributed by atoms with Crippen LogP contribution in [-0.2, 0) is 4.79 Å². The third-order valence-electron chi connectivity index (χ3n) is 0.624. The summed E-state index contributed by atoms with van der Waals surface area (Å²) < 4.78 is 0. The minimum absolute atomic E-state index is 0. The van der Waals surface area contributed by atoms with Gasteiger partial charge in [0.15, 0.2) is 0 Å². The van der Waals surface area contributed by atoms with Gasteiger partial charge in [0.1, 0.15) is 0 Å². The second kappa shape index (κ2) is 7.73. The van der Waals surface area contributed by atoms with Crippen LogP contribution in [-0.4, -0.2) is 50.2 Å². The third kappa shape index (κ3) is 9.88. The van der Waals surface area contributed by atoms with E-state index in [4.69, 9.17) is 0 Å². The quantitative estimate of drug-likeness (QED) is 0.545. The Morgan fingerprint density at radius 3 is 2.25 bits per heavy atom. The summed E-state index contributed by atoms with van der Waals surface area (Å²) in [5.41, 5.74) is 0. The van der Waals surface area contributed by atoms with Crippen molar-refractivity contribution in [3.05, 3.63) is 0 Å². The normalized spacial score (nSPS) is 7.25. The summed E-state index contributed by atoms with van der Waals surface area (Å²) >= 11 is 0. The van der Waals surface area contributed by atoms with Crippen LogP contribution >= 0.6 is 0 Å². The fourth-order valence-electron chi connectivity index (χ4n) is 0.301. The molecule has 0 aromatic carbocycles. The molecule has 0 unspecified atom stereocenters. The predicted octanol–water partition coefficient (Wildman–Crippen LogP) is 0.152. The second-order valence-electron chi connectivity index (χ2n) is 1.48. The zero-order valence-electron chi connectivity index (χ0n) is 5.53. The van der Waals surface area contributed by atoms with Crippen LogP contribution in [0.15, 0.2) is 0 Å². The van der Waals surface area contributed by atoms with Gasteiger partial charge in [-0.2, -0.15) is 0 Å². The Morgan fingerprint density at radius 1 is 1.62 bits per heavy atom. The van der Waals surface area contributed by atoms with E-state index in [1.165, 1.54) is 6.92 Å². The molecule has 0 aromatic heterocycles. The van der Waals surface area contributed by atoms with E-state index in [-0.39, 0.29) is 43.6 Å². The summed E-state index contributed by atoms with van der Waals surface area (Å²) in [6, 6.07) is 0. The minimum Gasteiger partial charge on any atom is -0.356 e. The van der Waals surface area contributed by atoms with Crippen molar-refractivity contribution in [3.63, 3.8) is 0 Å². The maximum Gasteiger partial charge on any atom is 0.216 e. The molecule has 0 saturated heterocycles. The maximum absolute atomic E-state index is 10.1. The van der Waals surface area contributed by atoms with Gasteiger partial charge < -0.3 is 5.32 Å². The van der Waals surface area contributed by atoms with Gasteiger partial charge in [0.2, 0.25) is 5.91 Å². The van der Waals surface area contributed by atoms with Crippen molar-refractivity contribution in [2.75, 3.05) is 6.54 Å². The molecular weight excluding hydrogens is 130 g/mol. The number of carbonyl (C=O) groups excluding carboxylic acids is 1. The van der Waals surface area contributed by atoms with Crippen molar-refractivity contribution < 1.29 is 4.79 Å². The molecule has 2 radical (unpaired) electrons. The number of carbonyl (C=O) groups is 1. The Hall–Kier alpha value is 0.730. The van der Waals surface area contributed by atoms with Gasteiger partial charge in [0.25, 0.3) is 0 Å². The molecule has 1 amide bonds. The molecule has 0 aliphatic rings. The van der Waals surface area contributed by atoms with Gasteiger partial charge in [-0.15, -0.1) is 0 Å². The molecule has 8 heavy (non-hydrogen) atoms. The molecule has 3 heteroatoms. The van der Waals surface area contributed by atoms with E-state index in [2.05, 4.69) is 5.32 Å². The summed E-state index contributed by atoms with van der Waals surface area (Å²) in [5.74, 6) is 0.0573. The molecule has 0 spiro atoms. The summed E-state index contributed by atoms with van der Waals surface area (Å²) in [6.45, 7) is 4.35. The van der Waals surface area contributed by atoms with Crippen molar-refractivity contribution in [2.45, 2.75) is 20.3 Å². The molecule has 0 rings (SSSR count). The van der Waals surface area contributed by atoms with Crippen LogP contribution in [0.5, 0.6) is 0 Å². The Morgan fingerprint density at radius 2 is 2.12 bits per heavy atom. The summed E-state index contributed by atoms with van der Waals surface area (Å²) in [5, 5.41) is 2.66. The smallest absolute Gasteiger partial charge is 0.216 e. The Labute approximate surface area is 80.0 Å². The second-order valence-corrected chi connectivity index (χ2v) is 1.48. The van der Waals surface area contributed by atoms with Gasteiger partial charge in [-0.25, -0.2) is 0 Å². The number of rotatable bonds is 2. The molecular formula is C5H11CaNO. The van der Waals surface area contributed by atoms with Crippen molar-refractivity contribution in [3.8, 4) is 0 Å². The number of hydrogen-bond donors (Lipinski definition) is 1. The fraction of sp³-hybridized carbons (Fsp3) is 0.800. The molecule has 0 fully saturated rings. The molecule has 0 bridgehead atoms. The largest absolute Gasteiger partial charge is 0.356 e. The number of nitrogens with one attached hydrogen (secondary N) is 1. The van der Waals surface area contributed by atoms with Crippen molar-refractivity contribution in [1.82, 2.24) is 5.32 Å². The van der Waals surface area contributed by atoms with Crippen molar-refractivity contribution in [1.29, 1.82) is 0 Å². The van der Waals surface area contributed by atoms with Crippen LogP contribution in [0.4, 0.5) is 0 Å². The Kier molecular flexibility index (Phi) is 11.1. The van der Waals surface area contributed by atoms with Gasteiger partial charge in [-0.1, -0.05) is 6.92 Å². The van der Waals surface area contributed by atoms with Gasteiger partial charge in [-0.05, 0) is 6.42 Å². The first kappa shape index (κ1) is 11.5. The van der Waals surface area contributed by atoms with Gasteiger partial charge in [-0.3, -0.25) is 4.79 Å². The van der Waals surface area contributed by atoms with Crippen molar-refractivity contribution in [2.24, 2.45) is 0 Å². The van der Waals surface area contributed by atoms with E-state index in [1.54, 1.807) is 0 Å². The average molecular weight is 141 g/mol. The standard InChI is InChI=1S/C5H11NO.Ca/c1-3-4-6-5(2)7;/h3-4H2,1-2H3,(H,6,7);. The molecule has 0 aromatic rings. The molecule has 0 aliphatic carbocycles. The van der Waals surface area contributed by atoms with Crippen LogP contribution in [0.3, 0.4) is 0 Å². The number of amides is 1. The Balaban J connectivity index is 0. The van der Waals surface area contributed by atoms with Gasteiger partial charge in [0, 0.05) is 51.2 Å². The molecule has 2 nitrogen and oxygen atoms in total. The average Bonchev–Trinajstić information content (AvgIpc) is 1.61. The summed E-state index contributed by atoms with van der Waals surface area (Å²) in [7, 11) is 0. The summed E-state index contributed by atoms with van der Waals surface area (Å²) in [4.78, 5) is 10.1. The van der Waals surface area contributed by atoms with E-state index in [1.807, 2.05) is 6.92 Å². The molecule has 0 heterocycles. The summed E-state index contributed by atoms with van der Waals surface area (Å²) in [6.07, 6.45) is 1.01. The zero-order valence-corrected chi connectivity index (χ0v) is 7.74. The molecule has 44 valence electrons. The monoisotopic (exact) mass is 141 g/mol. The first-order chi connectivity index (χ1) is 3.27. The first-order valence-corrected chi connectivity index (χ1v) is 2.51. The van der Waals surface area contributed by atoms with Crippen LogP contribution < -0.4 is 5.32 Å². The van der Waals surface area contributed by atoms with Crippen molar-refractivity contribution >= 4 is 43.6 Å². The van der Waals surface area contributed by atoms with Crippen LogP contribution in [0, 0.1) is 0 Å². The van der Waals surface area contributed by atoms with E-state index in [9.17, 15) is 4.79 Å². The fourth-order valence-corrected chi connectivity index (χ4v) is 0.301.